The summed E-state index contributed by atoms with van der Waals surface area (Å²) < 4.78 is 28.8. The fourth-order valence-electron chi connectivity index (χ4n) is 3.10. The zero-order valence-corrected chi connectivity index (χ0v) is 16.6. The predicted octanol–water partition coefficient (Wildman–Crippen LogP) is 2.49. The molecule has 8 heteroatoms. The number of methoxy groups -OCH3 is 1. The number of anilines is 1. The maximum Gasteiger partial charge on any atom is 0.245 e. The van der Waals surface area contributed by atoms with Crippen molar-refractivity contribution in [2.75, 3.05) is 30.5 Å². The first-order chi connectivity index (χ1) is 11.7. The number of halogens is 1. The topological polar surface area (TPSA) is 75.7 Å². The summed E-state index contributed by atoms with van der Waals surface area (Å²) in [5, 5.41) is 3.75. The summed E-state index contributed by atoms with van der Waals surface area (Å²) in [5.41, 5.74) is 1.55. The van der Waals surface area contributed by atoms with Gasteiger partial charge in [-0.3, -0.25) is 4.79 Å². The van der Waals surface area contributed by atoms with Crippen LogP contribution in [0.5, 0.6) is 5.75 Å². The number of likely N-dealkylation sites (N-methyl/N-ethyl adjacent to an activating group) is 1. The van der Waals surface area contributed by atoms with Gasteiger partial charge >= 0.3 is 0 Å². The number of rotatable bonds is 6. The third-order valence-electron chi connectivity index (χ3n) is 4.50. The SMILES string of the molecule is CCN(C(=O)[C@@H](C)Nc1cc(C)c(Cl)cc1OC)[C@H]1CCS(=O)(=O)C1. The Morgan fingerprint density at radius 2 is 2.16 bits per heavy atom. The van der Waals surface area contributed by atoms with Crippen LogP contribution in [0.2, 0.25) is 5.02 Å². The number of nitrogens with zero attached hydrogens (tertiary/aromatic N) is 1. The van der Waals surface area contributed by atoms with E-state index in [1.807, 2.05) is 19.9 Å². The number of carbonyl (C=O) groups is 1. The summed E-state index contributed by atoms with van der Waals surface area (Å²) >= 11 is 6.11. The summed E-state index contributed by atoms with van der Waals surface area (Å²) in [6.45, 7) is 5.98. The van der Waals surface area contributed by atoms with Gasteiger partial charge in [0.15, 0.2) is 9.84 Å². The van der Waals surface area contributed by atoms with E-state index in [-0.39, 0.29) is 23.5 Å². The monoisotopic (exact) mass is 388 g/mol. The van der Waals surface area contributed by atoms with Crippen molar-refractivity contribution in [3.8, 4) is 5.75 Å². The van der Waals surface area contributed by atoms with Crippen LogP contribution in [-0.2, 0) is 14.6 Å². The van der Waals surface area contributed by atoms with Crippen LogP contribution in [0.15, 0.2) is 12.1 Å². The zero-order chi connectivity index (χ0) is 18.8. The second-order valence-electron chi connectivity index (χ2n) is 6.35. The third-order valence-corrected chi connectivity index (χ3v) is 6.65. The lowest BCUT2D eigenvalue weighted by molar-refractivity contribution is -0.133. The molecular formula is C17H25ClN2O4S. The van der Waals surface area contributed by atoms with Gasteiger partial charge in [-0.15, -0.1) is 0 Å². The molecule has 1 heterocycles. The molecule has 2 rings (SSSR count). The lowest BCUT2D eigenvalue weighted by atomic mass is 10.1. The smallest absolute Gasteiger partial charge is 0.245 e. The molecule has 6 nitrogen and oxygen atoms in total. The highest BCUT2D eigenvalue weighted by Crippen LogP contribution is 2.31. The Labute approximate surface area is 154 Å². The lowest BCUT2D eigenvalue weighted by Gasteiger charge is -2.30. The van der Waals surface area contributed by atoms with Gasteiger partial charge in [0.1, 0.15) is 11.8 Å². The number of hydrogen-bond acceptors (Lipinski definition) is 5. The second-order valence-corrected chi connectivity index (χ2v) is 8.98. The maximum absolute atomic E-state index is 12.8. The average molecular weight is 389 g/mol. The van der Waals surface area contributed by atoms with Crippen LogP contribution in [0.1, 0.15) is 25.8 Å². The van der Waals surface area contributed by atoms with Gasteiger partial charge in [-0.05, 0) is 38.8 Å². The first-order valence-electron chi connectivity index (χ1n) is 8.30. The van der Waals surface area contributed by atoms with Gasteiger partial charge in [0.2, 0.25) is 5.91 Å². The van der Waals surface area contributed by atoms with Crippen LogP contribution in [0.25, 0.3) is 0 Å². The van der Waals surface area contributed by atoms with Crippen molar-refractivity contribution in [2.24, 2.45) is 0 Å². The number of sulfone groups is 1. The fraction of sp³-hybridized carbons (Fsp3) is 0.588. The quantitative estimate of drug-likeness (QED) is 0.810. The Morgan fingerprint density at radius 3 is 2.68 bits per heavy atom. The molecule has 1 amide bonds. The molecule has 1 aliphatic rings. The van der Waals surface area contributed by atoms with E-state index < -0.39 is 15.9 Å². The highest BCUT2D eigenvalue weighted by atomic mass is 35.5. The van der Waals surface area contributed by atoms with E-state index in [9.17, 15) is 13.2 Å². The zero-order valence-electron chi connectivity index (χ0n) is 15.0. The van der Waals surface area contributed by atoms with Gasteiger partial charge in [-0.25, -0.2) is 8.42 Å². The molecule has 25 heavy (non-hydrogen) atoms. The van der Waals surface area contributed by atoms with Gasteiger partial charge in [0.05, 0.1) is 24.3 Å². The van der Waals surface area contributed by atoms with Crippen molar-refractivity contribution < 1.29 is 17.9 Å². The van der Waals surface area contributed by atoms with Gasteiger partial charge in [-0.1, -0.05) is 11.6 Å². The molecule has 1 aromatic rings. The van der Waals surface area contributed by atoms with E-state index in [4.69, 9.17) is 16.3 Å². The molecule has 1 fully saturated rings. The van der Waals surface area contributed by atoms with Gasteiger partial charge in [-0.2, -0.15) is 0 Å². The van der Waals surface area contributed by atoms with Gasteiger partial charge in [0.25, 0.3) is 0 Å². The second kappa shape index (κ2) is 7.83. The average Bonchev–Trinajstić information content (AvgIpc) is 2.90. The highest BCUT2D eigenvalue weighted by Gasteiger charge is 2.35. The van der Waals surface area contributed by atoms with Crippen molar-refractivity contribution in [3.63, 3.8) is 0 Å². The first kappa shape index (κ1) is 19.8. The minimum absolute atomic E-state index is 0.0443. The van der Waals surface area contributed by atoms with E-state index in [0.29, 0.717) is 29.4 Å². The Morgan fingerprint density at radius 1 is 1.48 bits per heavy atom. The number of ether oxygens (including phenoxy) is 1. The number of benzene rings is 1. The number of amides is 1. The molecule has 2 atom stereocenters. The summed E-state index contributed by atoms with van der Waals surface area (Å²) in [4.78, 5) is 14.5. The Hall–Kier alpha value is -1.47. The van der Waals surface area contributed by atoms with E-state index in [2.05, 4.69) is 5.32 Å². The molecule has 0 radical (unpaired) electrons. The van der Waals surface area contributed by atoms with Crippen LogP contribution in [-0.4, -0.2) is 56.5 Å². The van der Waals surface area contributed by atoms with E-state index >= 15 is 0 Å². The summed E-state index contributed by atoms with van der Waals surface area (Å²) in [5.74, 6) is 0.622. The standard InChI is InChI=1S/C17H25ClN2O4S/c1-5-20(13-6-7-25(22,23)10-13)17(21)12(3)19-15-8-11(2)14(18)9-16(15)24-4/h8-9,12-13,19H,5-7,10H2,1-4H3/t12-,13+/m1/s1. The molecule has 1 aliphatic heterocycles. The van der Waals surface area contributed by atoms with Crippen molar-refractivity contribution in [1.29, 1.82) is 0 Å². The maximum atomic E-state index is 12.8. The minimum Gasteiger partial charge on any atom is -0.495 e. The van der Waals surface area contributed by atoms with Crippen LogP contribution < -0.4 is 10.1 Å². The molecule has 0 saturated carbocycles. The van der Waals surface area contributed by atoms with Crippen molar-refractivity contribution in [1.82, 2.24) is 4.90 Å². The molecule has 0 aromatic heterocycles. The normalized spacial score (nSPS) is 20.1. The molecule has 0 aliphatic carbocycles. The van der Waals surface area contributed by atoms with Crippen molar-refractivity contribution in [2.45, 2.75) is 39.3 Å². The summed E-state index contributed by atoms with van der Waals surface area (Å²) in [7, 11) is -1.50. The Bertz CT molecular complexity index is 751. The Kier molecular flexibility index (Phi) is 6.21. The van der Waals surface area contributed by atoms with E-state index in [1.165, 1.54) is 0 Å². The van der Waals surface area contributed by atoms with Crippen LogP contribution >= 0.6 is 11.6 Å². The molecular weight excluding hydrogens is 364 g/mol. The first-order valence-corrected chi connectivity index (χ1v) is 10.5. The molecule has 0 bridgehead atoms. The molecule has 0 unspecified atom stereocenters. The number of carbonyl (C=O) groups excluding carboxylic acids is 1. The van der Waals surface area contributed by atoms with Gasteiger partial charge < -0.3 is 15.0 Å². The molecule has 1 aromatic carbocycles. The minimum atomic E-state index is -3.04. The van der Waals surface area contributed by atoms with Gasteiger partial charge in [0, 0.05) is 23.7 Å². The predicted molar refractivity (Wildman–Crippen MR) is 100 cm³/mol. The van der Waals surface area contributed by atoms with E-state index in [1.54, 1.807) is 25.0 Å². The highest BCUT2D eigenvalue weighted by molar-refractivity contribution is 7.91. The van der Waals surface area contributed by atoms with Crippen LogP contribution in [0.4, 0.5) is 5.69 Å². The summed E-state index contributed by atoms with van der Waals surface area (Å²) in [6.07, 6.45) is 0.498. The largest absolute Gasteiger partial charge is 0.495 e. The third kappa shape index (κ3) is 4.58. The molecule has 0 spiro atoms. The number of nitrogens with one attached hydrogen (secondary N) is 1. The Balaban J connectivity index is 2.15. The fourth-order valence-corrected chi connectivity index (χ4v) is 4.99. The van der Waals surface area contributed by atoms with Crippen LogP contribution in [0.3, 0.4) is 0 Å². The molecule has 1 N–H and O–H groups in total. The van der Waals surface area contributed by atoms with Crippen molar-refractivity contribution in [3.05, 3.63) is 22.7 Å². The molecule has 1 saturated heterocycles. The number of hydrogen-bond donors (Lipinski definition) is 1. The summed E-state index contributed by atoms with van der Waals surface area (Å²) in [6, 6.07) is 2.78. The van der Waals surface area contributed by atoms with Crippen LogP contribution in [0, 0.1) is 6.92 Å². The lowest BCUT2D eigenvalue weighted by Crippen LogP contribution is -2.47. The number of aryl methyl sites for hydroxylation is 1. The molecule has 140 valence electrons. The van der Waals surface area contributed by atoms with E-state index in [0.717, 1.165) is 5.56 Å². The van der Waals surface area contributed by atoms with Crippen molar-refractivity contribution >= 4 is 33.0 Å².